The molecule has 3 N–H and O–H groups in total. The van der Waals surface area contributed by atoms with Gasteiger partial charge in [-0.05, 0) is 22.8 Å². The van der Waals surface area contributed by atoms with Crippen molar-refractivity contribution in [2.75, 3.05) is 5.32 Å². The van der Waals surface area contributed by atoms with Gasteiger partial charge in [0.15, 0.2) is 0 Å². The molecule has 0 radical (unpaired) electrons. The highest BCUT2D eigenvalue weighted by molar-refractivity contribution is 5.78. The first-order valence-electron chi connectivity index (χ1n) is 9.59. The molecule has 4 aromatic carbocycles. The Labute approximate surface area is 166 Å². The number of nitrogens with two attached hydrogens (primary N) is 1. The lowest BCUT2D eigenvalue weighted by Crippen LogP contribution is -2.26. The summed E-state index contributed by atoms with van der Waals surface area (Å²) in [5.74, 6) is 0. The Morgan fingerprint density at radius 3 is 1.68 bits per heavy atom. The van der Waals surface area contributed by atoms with Gasteiger partial charge in [0.25, 0.3) is 0 Å². The van der Waals surface area contributed by atoms with Crippen molar-refractivity contribution in [3.05, 3.63) is 126 Å². The zero-order chi connectivity index (χ0) is 19.2. The second-order valence-corrected chi connectivity index (χ2v) is 6.88. The molecule has 0 aliphatic heterocycles. The molecule has 2 heteroatoms. The van der Waals surface area contributed by atoms with E-state index in [1.54, 1.807) is 0 Å². The third kappa shape index (κ3) is 3.98. The average molecular weight is 364 g/mol. The lowest BCUT2D eigenvalue weighted by molar-refractivity contribution is 0.610. The minimum absolute atomic E-state index is 0.0477. The molecule has 0 aliphatic carbocycles. The van der Waals surface area contributed by atoms with Crippen LogP contribution >= 0.6 is 0 Å². The quantitative estimate of drug-likeness (QED) is 0.427. The molecular weight excluding hydrogens is 340 g/mol. The normalized spacial score (nSPS) is 12.9. The number of anilines is 1. The SMILES string of the molecule is N[C@@H](c1ccccc1)[C@@H](Nc1ccccc1-c1ccccc1)c1ccccc1. The van der Waals surface area contributed by atoms with Gasteiger partial charge >= 0.3 is 0 Å². The van der Waals surface area contributed by atoms with Crippen LogP contribution < -0.4 is 11.1 Å². The first kappa shape index (κ1) is 18.0. The van der Waals surface area contributed by atoms with Crippen LogP contribution in [0, 0.1) is 0 Å². The van der Waals surface area contributed by atoms with Crippen molar-refractivity contribution >= 4 is 5.69 Å². The standard InChI is InChI=1S/C26H24N2/c27-25(21-14-6-2-7-15-21)26(22-16-8-3-9-17-22)28-24-19-11-10-18-23(24)20-12-4-1-5-13-20/h1-19,25-26,28H,27H2/t25-,26-/m0/s1. The molecule has 0 amide bonds. The van der Waals surface area contributed by atoms with E-state index in [0.29, 0.717) is 0 Å². The summed E-state index contributed by atoms with van der Waals surface area (Å²) >= 11 is 0. The number of hydrogen-bond acceptors (Lipinski definition) is 2. The van der Waals surface area contributed by atoms with Crippen LogP contribution in [-0.2, 0) is 0 Å². The van der Waals surface area contributed by atoms with Gasteiger partial charge in [-0.1, -0.05) is 109 Å². The van der Waals surface area contributed by atoms with E-state index in [1.807, 2.05) is 30.3 Å². The second-order valence-electron chi connectivity index (χ2n) is 6.88. The Hall–Kier alpha value is -3.36. The Morgan fingerprint density at radius 2 is 1.04 bits per heavy atom. The molecule has 4 aromatic rings. The van der Waals surface area contributed by atoms with Crippen molar-refractivity contribution in [1.29, 1.82) is 0 Å². The third-order valence-electron chi connectivity index (χ3n) is 5.03. The van der Waals surface area contributed by atoms with Crippen LogP contribution in [0.15, 0.2) is 115 Å². The van der Waals surface area contributed by atoms with Crippen molar-refractivity contribution < 1.29 is 0 Å². The summed E-state index contributed by atoms with van der Waals surface area (Å²) in [4.78, 5) is 0. The average Bonchev–Trinajstić information content (AvgIpc) is 2.79. The van der Waals surface area contributed by atoms with E-state index in [9.17, 15) is 0 Å². The van der Waals surface area contributed by atoms with Gasteiger partial charge < -0.3 is 11.1 Å². The van der Waals surface area contributed by atoms with Gasteiger partial charge in [-0.15, -0.1) is 0 Å². The molecule has 0 saturated carbocycles. The minimum Gasteiger partial charge on any atom is -0.376 e. The van der Waals surface area contributed by atoms with E-state index < -0.39 is 0 Å². The highest BCUT2D eigenvalue weighted by Crippen LogP contribution is 2.35. The monoisotopic (exact) mass is 364 g/mol. The molecule has 2 nitrogen and oxygen atoms in total. The first-order chi connectivity index (χ1) is 13.8. The fourth-order valence-electron chi connectivity index (χ4n) is 3.55. The lowest BCUT2D eigenvalue weighted by Gasteiger charge is -2.28. The summed E-state index contributed by atoms with van der Waals surface area (Å²) in [6.07, 6.45) is 0. The van der Waals surface area contributed by atoms with E-state index in [-0.39, 0.29) is 12.1 Å². The largest absolute Gasteiger partial charge is 0.376 e. The second kappa shape index (κ2) is 8.55. The Balaban J connectivity index is 1.74. The van der Waals surface area contributed by atoms with Crippen LogP contribution in [0.2, 0.25) is 0 Å². The molecule has 0 bridgehead atoms. The zero-order valence-corrected chi connectivity index (χ0v) is 15.7. The molecule has 0 fully saturated rings. The van der Waals surface area contributed by atoms with E-state index in [4.69, 9.17) is 5.73 Å². The van der Waals surface area contributed by atoms with Crippen molar-refractivity contribution in [1.82, 2.24) is 0 Å². The van der Waals surface area contributed by atoms with E-state index >= 15 is 0 Å². The van der Waals surface area contributed by atoms with Crippen LogP contribution in [0.4, 0.5) is 5.69 Å². The van der Waals surface area contributed by atoms with Gasteiger partial charge in [-0.3, -0.25) is 0 Å². The fourth-order valence-corrected chi connectivity index (χ4v) is 3.55. The molecule has 0 unspecified atom stereocenters. The summed E-state index contributed by atoms with van der Waals surface area (Å²) in [6, 6.07) is 39.3. The van der Waals surface area contributed by atoms with Crippen molar-refractivity contribution in [2.45, 2.75) is 12.1 Å². The number of benzene rings is 4. The molecule has 0 aromatic heterocycles. The van der Waals surface area contributed by atoms with Crippen molar-refractivity contribution in [2.24, 2.45) is 5.73 Å². The molecular formula is C26H24N2. The van der Waals surface area contributed by atoms with Gasteiger partial charge in [0.2, 0.25) is 0 Å². The summed E-state index contributed by atoms with van der Waals surface area (Å²) < 4.78 is 0. The van der Waals surface area contributed by atoms with Crippen molar-refractivity contribution in [3.8, 4) is 11.1 Å². The molecule has 2 atom stereocenters. The summed E-state index contributed by atoms with van der Waals surface area (Å²) in [7, 11) is 0. The van der Waals surface area contributed by atoms with E-state index in [0.717, 1.165) is 11.3 Å². The number of nitrogens with one attached hydrogen (secondary N) is 1. The van der Waals surface area contributed by atoms with E-state index in [1.165, 1.54) is 16.7 Å². The maximum Gasteiger partial charge on any atom is 0.0706 e. The molecule has 0 aliphatic rings. The number of rotatable bonds is 6. The van der Waals surface area contributed by atoms with Crippen LogP contribution in [0.5, 0.6) is 0 Å². The molecule has 4 rings (SSSR count). The number of hydrogen-bond donors (Lipinski definition) is 2. The summed E-state index contributed by atoms with van der Waals surface area (Å²) in [6.45, 7) is 0. The lowest BCUT2D eigenvalue weighted by atomic mass is 9.93. The molecule has 138 valence electrons. The van der Waals surface area contributed by atoms with Crippen LogP contribution in [0.3, 0.4) is 0 Å². The Morgan fingerprint density at radius 1 is 0.536 bits per heavy atom. The van der Waals surface area contributed by atoms with Gasteiger partial charge in [-0.2, -0.15) is 0 Å². The molecule has 0 saturated heterocycles. The van der Waals surface area contributed by atoms with Gasteiger partial charge in [0, 0.05) is 11.3 Å². The van der Waals surface area contributed by atoms with Crippen LogP contribution in [0.25, 0.3) is 11.1 Å². The summed E-state index contributed by atoms with van der Waals surface area (Å²) in [5.41, 5.74) is 12.5. The smallest absolute Gasteiger partial charge is 0.0706 e. The predicted molar refractivity (Wildman–Crippen MR) is 118 cm³/mol. The number of para-hydroxylation sites is 1. The van der Waals surface area contributed by atoms with Gasteiger partial charge in [-0.25, -0.2) is 0 Å². The summed E-state index contributed by atoms with van der Waals surface area (Å²) in [5, 5.41) is 3.74. The molecule has 0 spiro atoms. The van der Waals surface area contributed by atoms with Crippen molar-refractivity contribution in [3.63, 3.8) is 0 Å². The first-order valence-corrected chi connectivity index (χ1v) is 9.59. The molecule has 0 heterocycles. The van der Waals surface area contributed by atoms with Crippen LogP contribution in [-0.4, -0.2) is 0 Å². The fraction of sp³-hybridized carbons (Fsp3) is 0.0769. The van der Waals surface area contributed by atoms with Gasteiger partial charge in [0.1, 0.15) is 0 Å². The highest BCUT2D eigenvalue weighted by Gasteiger charge is 2.22. The third-order valence-corrected chi connectivity index (χ3v) is 5.03. The Kier molecular flexibility index (Phi) is 5.51. The predicted octanol–water partition coefficient (Wildman–Crippen LogP) is 6.21. The van der Waals surface area contributed by atoms with E-state index in [2.05, 4.69) is 90.2 Å². The molecule has 28 heavy (non-hydrogen) atoms. The zero-order valence-electron chi connectivity index (χ0n) is 15.7. The van der Waals surface area contributed by atoms with Crippen LogP contribution in [0.1, 0.15) is 23.2 Å². The topological polar surface area (TPSA) is 38.0 Å². The maximum absolute atomic E-state index is 6.75. The highest BCUT2D eigenvalue weighted by atomic mass is 15.0. The minimum atomic E-state index is -0.174. The maximum atomic E-state index is 6.75. The Bertz CT molecular complexity index is 998. The van der Waals surface area contributed by atoms with Gasteiger partial charge in [0.05, 0.1) is 12.1 Å².